The van der Waals surface area contributed by atoms with E-state index < -0.39 is 20.7 Å². The second kappa shape index (κ2) is 6.64. The fraction of sp³-hybridized carbons (Fsp3) is 0. The van der Waals surface area contributed by atoms with Crippen molar-refractivity contribution < 1.29 is 17.6 Å². The topological polar surface area (TPSA) is 109 Å². The van der Waals surface area contributed by atoms with Gasteiger partial charge in [0.1, 0.15) is 0 Å². The van der Waals surface area contributed by atoms with Crippen LogP contribution in [0.15, 0.2) is 56.8 Å². The molecule has 138 valence electrons. The van der Waals surface area contributed by atoms with Crippen LogP contribution in [0.1, 0.15) is 0 Å². The molecule has 0 unspecified atom stereocenters. The van der Waals surface area contributed by atoms with E-state index in [4.69, 9.17) is 23.2 Å². The third-order valence-corrected chi connectivity index (χ3v) is 6.39. The number of nitrogens with one attached hydrogen (secondary N) is 2. The Kier molecular flexibility index (Phi) is 4.42. The summed E-state index contributed by atoms with van der Waals surface area (Å²) in [5.74, 6) is 0. The number of H-pyrrole nitrogens is 1. The average Bonchev–Trinajstić information content (AvgIpc) is 3.18. The van der Waals surface area contributed by atoms with Crippen molar-refractivity contribution in [2.45, 2.75) is 5.03 Å². The van der Waals surface area contributed by atoms with Crippen LogP contribution in [0.25, 0.3) is 15.9 Å². The van der Waals surface area contributed by atoms with Crippen LogP contribution < -0.4 is 15.0 Å². The number of anilines is 1. The van der Waals surface area contributed by atoms with E-state index in [1.165, 1.54) is 12.1 Å². The number of sulfonamides is 1. The molecule has 0 fully saturated rings. The fourth-order valence-electron chi connectivity index (χ4n) is 2.36. The van der Waals surface area contributed by atoms with E-state index in [-0.39, 0.29) is 5.13 Å². The van der Waals surface area contributed by atoms with E-state index in [9.17, 15) is 13.2 Å². The van der Waals surface area contributed by atoms with Gasteiger partial charge in [0, 0.05) is 22.2 Å². The summed E-state index contributed by atoms with van der Waals surface area (Å²) in [6.45, 7) is 0. The minimum atomic E-state index is -4.29. The van der Waals surface area contributed by atoms with E-state index in [1.807, 2.05) is 0 Å². The highest BCUT2D eigenvalue weighted by Gasteiger charge is 2.37. The predicted molar refractivity (Wildman–Crippen MR) is 101 cm³/mol. The molecule has 2 aromatic carbocycles. The van der Waals surface area contributed by atoms with Gasteiger partial charge in [-0.05, 0) is 40.3 Å². The van der Waals surface area contributed by atoms with E-state index in [2.05, 4.69) is 19.5 Å². The molecule has 2 heterocycles. The fourth-order valence-corrected chi connectivity index (χ4v) is 4.99. The first kappa shape index (κ1) is 18.0. The highest BCUT2D eigenvalue weighted by atomic mass is 35.5. The molecule has 2 N–H and O–H groups in total. The smallest absolute Gasteiger partial charge is 0.281 e. The number of aromatic amines is 1. The summed E-state index contributed by atoms with van der Waals surface area (Å²) in [7, 11) is -4.29. The van der Waals surface area contributed by atoms with Gasteiger partial charge in [-0.2, -0.15) is 8.42 Å². The largest absolute Gasteiger partial charge is 0.449 e. The van der Waals surface area contributed by atoms with Crippen molar-refractivity contribution in [3.05, 3.63) is 62.9 Å². The van der Waals surface area contributed by atoms with Crippen LogP contribution in [-0.4, -0.2) is 18.7 Å². The first-order valence-electron chi connectivity index (χ1n) is 7.32. The van der Waals surface area contributed by atoms with Gasteiger partial charge in [0.25, 0.3) is 0 Å². The lowest BCUT2D eigenvalue weighted by molar-refractivity contribution is -0.705. The summed E-state index contributed by atoms with van der Waals surface area (Å²) >= 11 is 12.9. The summed E-state index contributed by atoms with van der Waals surface area (Å²) in [5.41, 5.74) is -0.128. The van der Waals surface area contributed by atoms with Crippen molar-refractivity contribution in [2.75, 3.05) is 4.72 Å². The quantitative estimate of drug-likeness (QED) is 0.471. The van der Waals surface area contributed by atoms with Crippen LogP contribution in [-0.2, 0) is 10.0 Å². The van der Waals surface area contributed by atoms with Crippen LogP contribution in [0, 0.1) is 0 Å². The average molecular weight is 444 g/mol. The lowest BCUT2D eigenvalue weighted by Gasteiger charge is -1.99. The standard InChI is InChI=1S/C15H8Cl2N4O4S2/c16-8-1-4-10(5-2-8)21-13(14(22)25-20-21)27(23,24)19-15-18-11-6-3-9(17)7-12(11)26-15/h1-7H,(H-,18,19,20,22)/p+1. The molecule has 12 heteroatoms. The summed E-state index contributed by atoms with van der Waals surface area (Å²) in [6, 6.07) is 11.2. The Morgan fingerprint density at radius 1 is 1.11 bits per heavy atom. The molecule has 2 aromatic heterocycles. The number of rotatable bonds is 4. The maximum atomic E-state index is 12.8. The second-order valence-corrected chi connectivity index (χ2v) is 8.84. The summed E-state index contributed by atoms with van der Waals surface area (Å²) in [5, 5.41) is 2.70. The van der Waals surface area contributed by atoms with E-state index >= 15 is 0 Å². The summed E-state index contributed by atoms with van der Waals surface area (Å²) in [4.78, 5) is 16.2. The lowest BCUT2D eigenvalue weighted by Crippen LogP contribution is -2.42. The monoisotopic (exact) mass is 443 g/mol. The number of hydrogen-bond donors (Lipinski definition) is 2. The molecule has 27 heavy (non-hydrogen) atoms. The molecule has 0 amide bonds. The number of nitrogens with zero attached hydrogens (tertiary/aromatic N) is 2. The lowest BCUT2D eigenvalue weighted by atomic mass is 10.3. The van der Waals surface area contributed by atoms with E-state index in [0.717, 1.165) is 16.0 Å². The zero-order valence-electron chi connectivity index (χ0n) is 13.1. The molecule has 0 aliphatic heterocycles. The maximum absolute atomic E-state index is 12.8. The molecule has 0 aliphatic carbocycles. The highest BCUT2D eigenvalue weighted by molar-refractivity contribution is 7.92. The van der Waals surface area contributed by atoms with E-state index in [1.54, 1.807) is 30.3 Å². The Morgan fingerprint density at radius 3 is 2.56 bits per heavy atom. The first-order valence-corrected chi connectivity index (χ1v) is 10.4. The van der Waals surface area contributed by atoms with Crippen LogP contribution in [0.4, 0.5) is 5.13 Å². The van der Waals surface area contributed by atoms with Crippen LogP contribution in [0.2, 0.25) is 10.0 Å². The van der Waals surface area contributed by atoms with Crippen molar-refractivity contribution in [2.24, 2.45) is 0 Å². The first-order chi connectivity index (χ1) is 12.8. The normalized spacial score (nSPS) is 11.8. The van der Waals surface area contributed by atoms with Crippen molar-refractivity contribution in [3.63, 3.8) is 0 Å². The minimum Gasteiger partial charge on any atom is -0.281 e. The van der Waals surface area contributed by atoms with E-state index in [0.29, 0.717) is 25.9 Å². The molecule has 0 bridgehead atoms. The third-order valence-electron chi connectivity index (χ3n) is 3.52. The Bertz CT molecular complexity index is 1310. The van der Waals surface area contributed by atoms with Gasteiger partial charge in [0.15, 0.2) is 5.13 Å². The van der Waals surface area contributed by atoms with Crippen LogP contribution >= 0.6 is 34.5 Å². The number of hydrogen-bond acceptors (Lipinski definition) is 6. The second-order valence-electron chi connectivity index (χ2n) is 5.33. The molecule has 4 rings (SSSR count). The molecule has 0 saturated carbocycles. The van der Waals surface area contributed by atoms with Gasteiger partial charge in [-0.3, -0.25) is 4.52 Å². The molecule has 4 aromatic rings. The summed E-state index contributed by atoms with van der Waals surface area (Å²) in [6.07, 6.45) is 0. The SMILES string of the molecule is O=c1o[nH][n+](-c2ccc(Cl)cc2)c1S(=O)(=O)Nc1nc2ccc(Cl)cc2s1. The Hall–Kier alpha value is -2.40. The molecule has 8 nitrogen and oxygen atoms in total. The van der Waals surface area contributed by atoms with Gasteiger partial charge in [0.05, 0.1) is 10.2 Å². The van der Waals surface area contributed by atoms with Crippen molar-refractivity contribution in [1.82, 2.24) is 10.3 Å². The maximum Gasteiger partial charge on any atom is 0.449 e. The number of benzene rings is 2. The number of fused-ring (bicyclic) bond motifs is 1. The molecule has 0 aliphatic rings. The van der Waals surface area contributed by atoms with Gasteiger partial charge in [0.2, 0.25) is 5.69 Å². The van der Waals surface area contributed by atoms with Gasteiger partial charge < -0.3 is 0 Å². The molecule has 0 spiro atoms. The number of halogens is 2. The molecular formula is C15H9Cl2N4O4S2+. The van der Waals surface area contributed by atoms with Crippen molar-refractivity contribution in [3.8, 4) is 5.69 Å². The van der Waals surface area contributed by atoms with Crippen LogP contribution in [0.5, 0.6) is 0 Å². The van der Waals surface area contributed by atoms with Crippen molar-refractivity contribution >= 4 is 59.9 Å². The molecule has 0 saturated heterocycles. The number of aromatic nitrogens is 3. The minimum absolute atomic E-state index is 0.0931. The van der Waals surface area contributed by atoms with Gasteiger partial charge >= 0.3 is 20.7 Å². The molecule has 0 radical (unpaired) electrons. The summed E-state index contributed by atoms with van der Waals surface area (Å²) < 4.78 is 34.3. The van der Waals surface area contributed by atoms with Gasteiger partial charge in [-0.25, -0.2) is 14.5 Å². The molecular weight excluding hydrogens is 435 g/mol. The van der Waals surface area contributed by atoms with Gasteiger partial charge in [-0.1, -0.05) is 34.5 Å². The zero-order chi connectivity index (χ0) is 19.2. The van der Waals surface area contributed by atoms with Gasteiger partial charge in [-0.15, -0.1) is 0 Å². The van der Waals surface area contributed by atoms with Crippen molar-refractivity contribution in [1.29, 1.82) is 0 Å². The highest BCUT2D eigenvalue weighted by Crippen LogP contribution is 2.29. The molecule has 0 atom stereocenters. The number of thiazole rings is 1. The van der Waals surface area contributed by atoms with Crippen LogP contribution in [0.3, 0.4) is 0 Å². The predicted octanol–water partition coefficient (Wildman–Crippen LogP) is 2.96. The Balaban J connectivity index is 1.76. The Labute approximate surface area is 166 Å². The third kappa shape index (κ3) is 3.44. The Morgan fingerprint density at radius 2 is 1.81 bits per heavy atom. The zero-order valence-corrected chi connectivity index (χ0v) is 16.3.